The summed E-state index contributed by atoms with van der Waals surface area (Å²) in [5.41, 5.74) is 9.02. The molecule has 0 unspecified atom stereocenters. The first-order valence-corrected chi connectivity index (χ1v) is 11.6. The van der Waals surface area contributed by atoms with Crippen molar-refractivity contribution >= 4 is 32.3 Å². The number of piperidine rings is 1. The number of aryl methyl sites for hydroxylation is 2. The van der Waals surface area contributed by atoms with Crippen LogP contribution in [0.3, 0.4) is 0 Å². The van der Waals surface area contributed by atoms with Gasteiger partial charge < -0.3 is 10.6 Å². The van der Waals surface area contributed by atoms with Gasteiger partial charge in [0.1, 0.15) is 0 Å². The Labute approximate surface area is 176 Å². The molecule has 7 heteroatoms. The highest BCUT2D eigenvalue weighted by Gasteiger charge is 2.32. The van der Waals surface area contributed by atoms with E-state index in [1.807, 2.05) is 44.2 Å². The van der Waals surface area contributed by atoms with Crippen molar-refractivity contribution in [2.45, 2.75) is 36.5 Å². The van der Waals surface area contributed by atoms with Gasteiger partial charge in [0.05, 0.1) is 16.0 Å². The first kappa shape index (κ1) is 20.3. The van der Waals surface area contributed by atoms with E-state index in [0.29, 0.717) is 31.6 Å². The number of carbonyl (C=O) groups excluding carboxylic acids is 1. The molecule has 0 aliphatic carbocycles. The third kappa shape index (κ3) is 3.54. The van der Waals surface area contributed by atoms with Crippen molar-refractivity contribution in [2.24, 2.45) is 11.7 Å². The molecule has 0 radical (unpaired) electrons. The van der Waals surface area contributed by atoms with Crippen LogP contribution in [0.2, 0.25) is 0 Å². The van der Waals surface area contributed by atoms with Gasteiger partial charge in [-0.1, -0.05) is 18.2 Å². The van der Waals surface area contributed by atoms with Crippen molar-refractivity contribution < 1.29 is 18.2 Å². The standard InChI is InChI=1S/C23H25N3O3S/c1-15-7-8-18(13-16(15)2)30(28,29)21-14-25-20-6-4-3-5-19(20)22(21)26-11-9-17(10-12-26)23(24)27/h3-8,13-14,17H,9-12H2,1-2H3,(H2,24,27)/p+1. The third-order valence-corrected chi connectivity index (χ3v) is 7.83. The molecule has 1 aromatic heterocycles. The molecule has 1 amide bonds. The van der Waals surface area contributed by atoms with Crippen molar-refractivity contribution in [1.29, 1.82) is 0 Å². The monoisotopic (exact) mass is 424 g/mol. The fourth-order valence-electron chi connectivity index (χ4n) is 4.09. The molecule has 1 aliphatic heterocycles. The van der Waals surface area contributed by atoms with Crippen LogP contribution in [0.5, 0.6) is 0 Å². The van der Waals surface area contributed by atoms with Crippen LogP contribution in [0, 0.1) is 19.8 Å². The summed E-state index contributed by atoms with van der Waals surface area (Å²) in [7, 11) is -3.74. The van der Waals surface area contributed by atoms with E-state index in [-0.39, 0.29) is 21.6 Å². The van der Waals surface area contributed by atoms with E-state index < -0.39 is 9.84 Å². The first-order valence-electron chi connectivity index (χ1n) is 10.1. The molecule has 2 heterocycles. The third-order valence-electron chi connectivity index (χ3n) is 6.07. The zero-order valence-corrected chi connectivity index (χ0v) is 18.0. The van der Waals surface area contributed by atoms with Crippen LogP contribution < -0.4 is 15.6 Å². The number of carbonyl (C=O) groups is 1. The quantitative estimate of drug-likeness (QED) is 0.697. The van der Waals surface area contributed by atoms with Crippen LogP contribution in [-0.4, -0.2) is 27.4 Å². The topological polar surface area (TPSA) is 94.6 Å². The maximum atomic E-state index is 13.7. The molecule has 30 heavy (non-hydrogen) atoms. The lowest BCUT2D eigenvalue weighted by Gasteiger charge is -2.33. The second-order valence-corrected chi connectivity index (χ2v) is 9.88. The number of nitrogens with zero attached hydrogens (tertiary/aromatic N) is 1. The molecule has 2 aromatic carbocycles. The number of fused-ring (bicyclic) bond motifs is 1. The van der Waals surface area contributed by atoms with Gasteiger partial charge in [-0.05, 0) is 56.0 Å². The van der Waals surface area contributed by atoms with Crippen LogP contribution in [0.4, 0.5) is 5.69 Å². The zero-order chi connectivity index (χ0) is 21.5. The average molecular weight is 425 g/mol. The van der Waals surface area contributed by atoms with Gasteiger partial charge in [-0.15, -0.1) is 0 Å². The van der Waals surface area contributed by atoms with E-state index in [9.17, 15) is 13.2 Å². The van der Waals surface area contributed by atoms with Crippen molar-refractivity contribution in [3.8, 4) is 0 Å². The van der Waals surface area contributed by atoms with Gasteiger partial charge in [-0.3, -0.25) is 4.79 Å². The van der Waals surface area contributed by atoms with Crippen molar-refractivity contribution in [2.75, 3.05) is 18.0 Å². The number of benzene rings is 2. The molecule has 1 fully saturated rings. The van der Waals surface area contributed by atoms with Crippen molar-refractivity contribution in [3.63, 3.8) is 0 Å². The Morgan fingerprint density at radius 1 is 1.07 bits per heavy atom. The molecule has 1 saturated heterocycles. The number of aromatic amines is 1. The predicted molar refractivity (Wildman–Crippen MR) is 116 cm³/mol. The molecule has 0 bridgehead atoms. The lowest BCUT2D eigenvalue weighted by molar-refractivity contribution is -0.347. The molecule has 6 nitrogen and oxygen atoms in total. The highest BCUT2D eigenvalue weighted by molar-refractivity contribution is 7.91. The number of para-hydroxylation sites is 1. The normalized spacial score (nSPS) is 15.5. The number of amides is 1. The molecule has 1 aliphatic rings. The minimum atomic E-state index is -3.74. The SMILES string of the molecule is Cc1ccc(S(=O)(=O)c2c[nH+]c3ccccc3c2N2CCC(C(N)=O)CC2)cc1C. The van der Waals surface area contributed by atoms with E-state index in [0.717, 1.165) is 22.0 Å². The molecule has 0 saturated carbocycles. The number of anilines is 1. The number of H-pyrrole nitrogens is 1. The lowest BCUT2D eigenvalue weighted by atomic mass is 9.95. The highest BCUT2D eigenvalue weighted by Crippen LogP contribution is 2.37. The van der Waals surface area contributed by atoms with Gasteiger partial charge in [0.2, 0.25) is 21.3 Å². The largest absolute Gasteiger partial charge is 0.370 e. The second kappa shape index (κ2) is 7.72. The Hall–Kier alpha value is -2.93. The summed E-state index contributed by atoms with van der Waals surface area (Å²) in [5.74, 6) is -0.452. The Balaban J connectivity index is 1.87. The molecule has 156 valence electrons. The van der Waals surface area contributed by atoms with Crippen molar-refractivity contribution in [3.05, 3.63) is 59.8 Å². The summed E-state index contributed by atoms with van der Waals surface area (Å²) >= 11 is 0. The summed E-state index contributed by atoms with van der Waals surface area (Å²) in [6.07, 6.45) is 2.82. The van der Waals surface area contributed by atoms with Crippen LogP contribution in [-0.2, 0) is 14.6 Å². The number of nitrogens with two attached hydrogens (primary N) is 1. The number of hydrogen-bond donors (Lipinski definition) is 1. The number of rotatable bonds is 4. The summed E-state index contributed by atoms with van der Waals surface area (Å²) in [5, 5.41) is 0.847. The van der Waals surface area contributed by atoms with Crippen LogP contribution in [0.15, 0.2) is 58.5 Å². The summed E-state index contributed by atoms with van der Waals surface area (Å²) in [6.45, 7) is 5.04. The van der Waals surface area contributed by atoms with E-state index in [1.165, 1.54) is 0 Å². The number of aromatic nitrogens is 1. The van der Waals surface area contributed by atoms with E-state index in [4.69, 9.17) is 5.73 Å². The summed E-state index contributed by atoms with van der Waals surface area (Å²) < 4.78 is 27.3. The van der Waals surface area contributed by atoms with Gasteiger partial charge in [-0.2, -0.15) is 0 Å². The average Bonchev–Trinajstić information content (AvgIpc) is 2.74. The molecular weight excluding hydrogens is 398 g/mol. The van der Waals surface area contributed by atoms with Gasteiger partial charge in [0.25, 0.3) is 0 Å². The second-order valence-electron chi connectivity index (χ2n) is 7.96. The minimum Gasteiger partial charge on any atom is -0.370 e. The van der Waals surface area contributed by atoms with E-state index in [1.54, 1.807) is 18.3 Å². The fraction of sp³-hybridized carbons (Fsp3) is 0.304. The van der Waals surface area contributed by atoms with E-state index in [2.05, 4.69) is 9.88 Å². The van der Waals surface area contributed by atoms with Gasteiger partial charge >= 0.3 is 0 Å². The molecular formula is C23H26N3O3S+. The smallest absolute Gasteiger partial charge is 0.220 e. The summed E-state index contributed by atoms with van der Waals surface area (Å²) in [6, 6.07) is 12.9. The minimum absolute atomic E-state index is 0.164. The fourth-order valence-corrected chi connectivity index (χ4v) is 5.63. The van der Waals surface area contributed by atoms with Gasteiger partial charge in [0.15, 0.2) is 11.1 Å². The summed E-state index contributed by atoms with van der Waals surface area (Å²) in [4.78, 5) is 17.3. The lowest BCUT2D eigenvalue weighted by Crippen LogP contribution is -2.39. The first-order chi connectivity index (χ1) is 14.3. The number of sulfone groups is 1. The Morgan fingerprint density at radius 2 is 1.77 bits per heavy atom. The maximum absolute atomic E-state index is 13.7. The zero-order valence-electron chi connectivity index (χ0n) is 17.2. The molecule has 3 N–H and O–H groups in total. The Morgan fingerprint density at radius 3 is 2.43 bits per heavy atom. The van der Waals surface area contributed by atoms with Gasteiger partial charge in [0, 0.05) is 25.1 Å². The molecule has 3 aromatic rings. The van der Waals surface area contributed by atoms with E-state index >= 15 is 0 Å². The Bertz CT molecular complexity index is 1230. The van der Waals surface area contributed by atoms with Crippen LogP contribution >= 0.6 is 0 Å². The number of pyridine rings is 1. The van der Waals surface area contributed by atoms with Crippen molar-refractivity contribution in [1.82, 2.24) is 0 Å². The van der Waals surface area contributed by atoms with Crippen LogP contribution in [0.25, 0.3) is 10.9 Å². The number of nitrogens with one attached hydrogen (secondary N) is 1. The Kier molecular flexibility index (Phi) is 5.24. The predicted octanol–water partition coefficient (Wildman–Crippen LogP) is 2.81. The molecule has 4 rings (SSSR count). The number of primary amides is 1. The highest BCUT2D eigenvalue weighted by atomic mass is 32.2. The van der Waals surface area contributed by atoms with Gasteiger partial charge in [-0.25, -0.2) is 13.4 Å². The number of hydrogen-bond acceptors (Lipinski definition) is 4. The maximum Gasteiger partial charge on any atom is 0.220 e. The molecule has 0 spiro atoms. The van der Waals surface area contributed by atoms with Crippen LogP contribution in [0.1, 0.15) is 24.0 Å². The molecule has 0 atom stereocenters.